The Kier molecular flexibility index (Phi) is 5.30. The van der Waals surface area contributed by atoms with Crippen molar-refractivity contribution >= 4 is 15.9 Å². The van der Waals surface area contributed by atoms with Crippen LogP contribution in [-0.2, 0) is 11.2 Å². The number of rotatable bonds is 4. The van der Waals surface area contributed by atoms with Crippen molar-refractivity contribution in [2.75, 3.05) is 19.8 Å². The third-order valence-electron chi connectivity index (χ3n) is 3.55. The lowest BCUT2D eigenvalue weighted by atomic mass is 9.89. The van der Waals surface area contributed by atoms with Crippen molar-refractivity contribution in [3.63, 3.8) is 0 Å². The van der Waals surface area contributed by atoms with E-state index < -0.39 is 11.6 Å². The van der Waals surface area contributed by atoms with Gasteiger partial charge in [0.15, 0.2) is 0 Å². The molecular weight excluding hydrogens is 316 g/mol. The number of nitrogens with one attached hydrogen (secondary N) is 1. The second-order valence-electron chi connectivity index (χ2n) is 4.81. The molecule has 0 spiro atoms. The molecule has 0 bridgehead atoms. The fourth-order valence-electron chi connectivity index (χ4n) is 2.55. The van der Waals surface area contributed by atoms with Gasteiger partial charge in [-0.2, -0.15) is 0 Å². The van der Waals surface area contributed by atoms with Crippen LogP contribution in [0.1, 0.15) is 18.9 Å². The summed E-state index contributed by atoms with van der Waals surface area (Å²) in [6.45, 7) is 4.14. The molecule has 1 aliphatic heterocycles. The Morgan fingerprint density at radius 2 is 2.21 bits per heavy atom. The van der Waals surface area contributed by atoms with Crippen LogP contribution in [0.3, 0.4) is 0 Å². The molecule has 19 heavy (non-hydrogen) atoms. The fraction of sp³-hybridized carbons (Fsp3) is 0.571. The van der Waals surface area contributed by atoms with Crippen molar-refractivity contribution < 1.29 is 13.5 Å². The summed E-state index contributed by atoms with van der Waals surface area (Å²) in [4.78, 5) is 0. The summed E-state index contributed by atoms with van der Waals surface area (Å²) in [5.41, 5.74) is 0.146. The van der Waals surface area contributed by atoms with Crippen LogP contribution in [0.5, 0.6) is 0 Å². The van der Waals surface area contributed by atoms with Crippen LogP contribution in [-0.4, -0.2) is 25.8 Å². The highest BCUT2D eigenvalue weighted by atomic mass is 79.9. The zero-order valence-corrected chi connectivity index (χ0v) is 12.5. The van der Waals surface area contributed by atoms with Gasteiger partial charge >= 0.3 is 0 Å². The molecule has 0 radical (unpaired) electrons. The second-order valence-corrected chi connectivity index (χ2v) is 5.67. The SMILES string of the molecule is CCNC1CCOCC1Cc1c(F)ccc(Br)c1F. The van der Waals surface area contributed by atoms with Gasteiger partial charge in [-0.25, -0.2) is 8.78 Å². The van der Waals surface area contributed by atoms with Crippen molar-refractivity contribution in [2.45, 2.75) is 25.8 Å². The molecule has 1 saturated heterocycles. The van der Waals surface area contributed by atoms with Crippen molar-refractivity contribution in [3.8, 4) is 0 Å². The predicted octanol–water partition coefficient (Wildman–Crippen LogP) is 3.28. The van der Waals surface area contributed by atoms with Gasteiger partial charge in [0.25, 0.3) is 0 Å². The topological polar surface area (TPSA) is 21.3 Å². The average Bonchev–Trinajstić information content (AvgIpc) is 2.41. The highest BCUT2D eigenvalue weighted by Crippen LogP contribution is 2.27. The van der Waals surface area contributed by atoms with Gasteiger partial charge in [-0.1, -0.05) is 6.92 Å². The predicted molar refractivity (Wildman–Crippen MR) is 74.2 cm³/mol. The van der Waals surface area contributed by atoms with E-state index in [9.17, 15) is 8.78 Å². The van der Waals surface area contributed by atoms with E-state index in [4.69, 9.17) is 4.74 Å². The quantitative estimate of drug-likeness (QED) is 0.854. The molecule has 0 aromatic heterocycles. The number of halogens is 3. The maximum atomic E-state index is 14.0. The Morgan fingerprint density at radius 1 is 1.42 bits per heavy atom. The Morgan fingerprint density at radius 3 is 2.95 bits per heavy atom. The highest BCUT2D eigenvalue weighted by Gasteiger charge is 2.27. The molecule has 106 valence electrons. The minimum atomic E-state index is -0.499. The van der Waals surface area contributed by atoms with Crippen LogP contribution in [0.15, 0.2) is 16.6 Å². The molecule has 2 nitrogen and oxygen atoms in total. The molecule has 1 fully saturated rings. The lowest BCUT2D eigenvalue weighted by molar-refractivity contribution is 0.0321. The van der Waals surface area contributed by atoms with E-state index in [0.717, 1.165) is 13.0 Å². The summed E-state index contributed by atoms with van der Waals surface area (Å²) in [6, 6.07) is 2.96. The smallest absolute Gasteiger partial charge is 0.143 e. The van der Waals surface area contributed by atoms with Crippen LogP contribution in [0.25, 0.3) is 0 Å². The van der Waals surface area contributed by atoms with E-state index in [1.54, 1.807) is 0 Å². The Bertz CT molecular complexity index is 440. The molecule has 1 heterocycles. The van der Waals surface area contributed by atoms with Crippen molar-refractivity contribution in [3.05, 3.63) is 33.8 Å². The van der Waals surface area contributed by atoms with Crippen molar-refractivity contribution in [1.29, 1.82) is 0 Å². The Balaban J connectivity index is 2.17. The van der Waals surface area contributed by atoms with E-state index in [0.29, 0.717) is 24.1 Å². The van der Waals surface area contributed by atoms with E-state index >= 15 is 0 Å². The lowest BCUT2D eigenvalue weighted by Gasteiger charge is -2.32. The molecular formula is C14H18BrF2NO. The molecule has 2 unspecified atom stereocenters. The van der Waals surface area contributed by atoms with E-state index in [1.165, 1.54) is 12.1 Å². The van der Waals surface area contributed by atoms with Gasteiger partial charge in [0.05, 0.1) is 11.1 Å². The second kappa shape index (κ2) is 6.77. The zero-order chi connectivity index (χ0) is 13.8. The molecule has 2 rings (SSSR count). The maximum Gasteiger partial charge on any atom is 0.143 e. The molecule has 1 aliphatic rings. The molecule has 1 aromatic carbocycles. The molecule has 0 amide bonds. The van der Waals surface area contributed by atoms with Crippen LogP contribution >= 0.6 is 15.9 Å². The van der Waals surface area contributed by atoms with Crippen molar-refractivity contribution in [2.24, 2.45) is 5.92 Å². The fourth-order valence-corrected chi connectivity index (χ4v) is 2.92. The van der Waals surface area contributed by atoms with Gasteiger partial charge in [0, 0.05) is 24.1 Å². The molecule has 2 atom stereocenters. The minimum absolute atomic E-state index is 0.104. The zero-order valence-electron chi connectivity index (χ0n) is 10.9. The monoisotopic (exact) mass is 333 g/mol. The number of benzene rings is 1. The molecule has 5 heteroatoms. The van der Waals surface area contributed by atoms with Crippen LogP contribution in [0.4, 0.5) is 8.78 Å². The average molecular weight is 334 g/mol. The summed E-state index contributed by atoms with van der Waals surface area (Å²) in [5.74, 6) is -0.880. The Labute approximate surface area is 120 Å². The first-order valence-corrected chi connectivity index (χ1v) is 7.36. The standard InChI is InChI=1S/C14H18BrF2NO/c1-2-18-13-5-6-19-8-9(13)7-10-12(16)4-3-11(15)14(10)17/h3-4,9,13,18H,2,5-8H2,1H3. The molecule has 0 aliphatic carbocycles. The lowest BCUT2D eigenvalue weighted by Crippen LogP contribution is -2.43. The van der Waals surface area contributed by atoms with Crippen molar-refractivity contribution in [1.82, 2.24) is 5.32 Å². The molecule has 1 N–H and O–H groups in total. The van der Waals surface area contributed by atoms with Crippen LogP contribution in [0.2, 0.25) is 0 Å². The normalized spacial score (nSPS) is 23.6. The first-order valence-electron chi connectivity index (χ1n) is 6.57. The number of ether oxygens (including phenoxy) is 1. The summed E-state index contributed by atoms with van der Waals surface area (Å²) in [7, 11) is 0. The van der Waals surface area contributed by atoms with Gasteiger partial charge in [0.1, 0.15) is 11.6 Å². The summed E-state index contributed by atoms with van der Waals surface area (Å²) in [5, 5.41) is 3.37. The summed E-state index contributed by atoms with van der Waals surface area (Å²) in [6.07, 6.45) is 1.24. The summed E-state index contributed by atoms with van der Waals surface area (Å²) < 4.78 is 33.5. The van der Waals surface area contributed by atoms with E-state index in [-0.39, 0.29) is 17.5 Å². The number of hydrogen-bond donors (Lipinski definition) is 1. The maximum absolute atomic E-state index is 14.0. The van der Waals surface area contributed by atoms with Gasteiger partial charge in [-0.05, 0) is 47.4 Å². The van der Waals surface area contributed by atoms with E-state index in [1.807, 2.05) is 6.92 Å². The first kappa shape index (κ1) is 14.9. The first-order chi connectivity index (χ1) is 9.13. The van der Waals surface area contributed by atoms with E-state index in [2.05, 4.69) is 21.2 Å². The molecule has 0 saturated carbocycles. The van der Waals surface area contributed by atoms with Crippen LogP contribution < -0.4 is 5.32 Å². The van der Waals surface area contributed by atoms with Gasteiger partial charge in [-0.3, -0.25) is 0 Å². The van der Waals surface area contributed by atoms with Gasteiger partial charge in [0.2, 0.25) is 0 Å². The van der Waals surface area contributed by atoms with Gasteiger partial charge in [-0.15, -0.1) is 0 Å². The van der Waals surface area contributed by atoms with Crippen LogP contribution in [0, 0.1) is 17.6 Å². The number of hydrogen-bond acceptors (Lipinski definition) is 2. The highest BCUT2D eigenvalue weighted by molar-refractivity contribution is 9.10. The Hall–Kier alpha value is -0.520. The van der Waals surface area contributed by atoms with Gasteiger partial charge < -0.3 is 10.1 Å². The minimum Gasteiger partial charge on any atom is -0.381 e. The third kappa shape index (κ3) is 3.52. The third-order valence-corrected chi connectivity index (χ3v) is 4.16. The molecule has 1 aromatic rings. The largest absolute Gasteiger partial charge is 0.381 e. The summed E-state index contributed by atoms with van der Waals surface area (Å²) >= 11 is 3.10.